The normalized spacial score (nSPS) is 15.3. The van der Waals surface area contributed by atoms with Gasteiger partial charge in [-0.2, -0.15) is 0 Å². The molecule has 1 aromatic carbocycles. The fourth-order valence-corrected chi connectivity index (χ4v) is 3.31. The molecule has 7 nitrogen and oxygen atoms in total. The number of rotatable bonds is 5. The van der Waals surface area contributed by atoms with Crippen LogP contribution in [0.25, 0.3) is 0 Å². The first-order valence-corrected chi connectivity index (χ1v) is 9.24. The van der Waals surface area contributed by atoms with Gasteiger partial charge in [0.25, 0.3) is 5.91 Å². The number of aromatic nitrogens is 3. The van der Waals surface area contributed by atoms with E-state index in [0.29, 0.717) is 22.2 Å². The van der Waals surface area contributed by atoms with E-state index in [2.05, 4.69) is 20.9 Å². The summed E-state index contributed by atoms with van der Waals surface area (Å²) in [4.78, 5) is 12.7. The minimum atomic E-state index is -0.321. The van der Waals surface area contributed by atoms with Gasteiger partial charge in [0.05, 0.1) is 28.5 Å². The van der Waals surface area contributed by atoms with E-state index in [1.807, 2.05) is 25.5 Å². The molecule has 3 rings (SSSR count). The van der Waals surface area contributed by atoms with Crippen LogP contribution in [-0.4, -0.2) is 40.1 Å². The van der Waals surface area contributed by atoms with Gasteiger partial charge in [-0.05, 0) is 58.8 Å². The molecule has 1 aromatic heterocycles. The van der Waals surface area contributed by atoms with Gasteiger partial charge in [-0.1, -0.05) is 22.9 Å². The van der Waals surface area contributed by atoms with Crippen molar-refractivity contribution in [3.63, 3.8) is 0 Å². The van der Waals surface area contributed by atoms with Gasteiger partial charge in [0, 0.05) is 0 Å². The second kappa shape index (κ2) is 8.05. The number of ether oxygens (including phenoxy) is 1. The Hall–Kier alpha value is -2.12. The van der Waals surface area contributed by atoms with E-state index < -0.39 is 0 Å². The molecule has 0 unspecified atom stereocenters. The Morgan fingerprint density at radius 3 is 2.81 bits per heavy atom. The third-order valence-corrected chi connectivity index (χ3v) is 4.66. The predicted molar refractivity (Wildman–Crippen MR) is 101 cm³/mol. The summed E-state index contributed by atoms with van der Waals surface area (Å²) < 4.78 is 7.61. The Kier molecular flexibility index (Phi) is 5.78. The fourth-order valence-electron chi connectivity index (χ4n) is 3.09. The minimum Gasteiger partial charge on any atom is -0.487 e. The average Bonchev–Trinajstić information content (AvgIpc) is 3.00. The molecule has 1 aliphatic rings. The molecule has 0 radical (unpaired) electrons. The third kappa shape index (κ3) is 3.99. The number of hydrogen-bond acceptors (Lipinski definition) is 5. The molecule has 26 heavy (non-hydrogen) atoms. The molecule has 140 valence electrons. The predicted octanol–water partition coefficient (Wildman–Crippen LogP) is 3.20. The topological polar surface area (TPSA) is 81.1 Å². The lowest BCUT2D eigenvalue weighted by Gasteiger charge is -2.23. The van der Waals surface area contributed by atoms with Gasteiger partial charge in [0.2, 0.25) is 0 Å². The van der Waals surface area contributed by atoms with E-state index in [0.717, 1.165) is 31.6 Å². The number of hydrogen-bond donors (Lipinski definition) is 2. The zero-order valence-corrected chi connectivity index (χ0v) is 16.0. The molecule has 1 aliphatic heterocycles. The number of piperidine rings is 1. The Labute approximate surface area is 158 Å². The first-order chi connectivity index (χ1) is 12.5. The number of para-hydroxylation sites is 1. The van der Waals surface area contributed by atoms with Gasteiger partial charge in [-0.15, -0.1) is 5.10 Å². The number of carbonyl (C=O) groups is 1. The highest BCUT2D eigenvalue weighted by molar-refractivity contribution is 6.32. The second-order valence-corrected chi connectivity index (χ2v) is 7.09. The number of anilines is 1. The van der Waals surface area contributed by atoms with Crippen molar-refractivity contribution in [3.8, 4) is 5.75 Å². The number of halogens is 1. The molecule has 1 saturated heterocycles. The monoisotopic (exact) mass is 377 g/mol. The van der Waals surface area contributed by atoms with Gasteiger partial charge >= 0.3 is 0 Å². The maximum absolute atomic E-state index is 12.7. The van der Waals surface area contributed by atoms with Crippen LogP contribution >= 0.6 is 11.6 Å². The Morgan fingerprint density at radius 1 is 1.38 bits per heavy atom. The van der Waals surface area contributed by atoms with Crippen LogP contribution in [0.15, 0.2) is 18.2 Å². The van der Waals surface area contributed by atoms with Gasteiger partial charge < -0.3 is 15.4 Å². The van der Waals surface area contributed by atoms with Crippen molar-refractivity contribution in [1.29, 1.82) is 0 Å². The number of amides is 1. The summed E-state index contributed by atoms with van der Waals surface area (Å²) in [6, 6.07) is 5.53. The Bertz CT molecular complexity index is 784. The van der Waals surface area contributed by atoms with Gasteiger partial charge in [-0.3, -0.25) is 4.79 Å². The van der Waals surface area contributed by atoms with Gasteiger partial charge in [-0.25, -0.2) is 4.68 Å². The molecule has 1 fully saturated rings. The van der Waals surface area contributed by atoms with Crippen LogP contribution in [-0.2, 0) is 0 Å². The lowest BCUT2D eigenvalue weighted by Crippen LogP contribution is -2.30. The summed E-state index contributed by atoms with van der Waals surface area (Å²) in [7, 11) is 0. The summed E-state index contributed by atoms with van der Waals surface area (Å²) in [6.07, 6.45) is 1.89. The molecule has 2 N–H and O–H groups in total. The standard InChI is InChI=1S/C18H24ClN5O2/c1-11(2)26-17-14(19)5-4-6-15(17)21-18(25)16-12(3)24(23-22-16)13-7-9-20-10-8-13/h4-6,11,13,20H,7-10H2,1-3H3,(H,21,25). The van der Waals surface area contributed by atoms with Crippen molar-refractivity contribution in [2.45, 2.75) is 45.8 Å². The molecule has 0 atom stereocenters. The zero-order chi connectivity index (χ0) is 18.7. The molecule has 2 heterocycles. The maximum atomic E-state index is 12.7. The lowest BCUT2D eigenvalue weighted by molar-refractivity contribution is 0.102. The van der Waals surface area contributed by atoms with Crippen molar-refractivity contribution < 1.29 is 9.53 Å². The molecule has 2 aromatic rings. The van der Waals surface area contributed by atoms with Gasteiger partial charge in [0.1, 0.15) is 0 Å². The highest BCUT2D eigenvalue weighted by Crippen LogP contribution is 2.34. The highest BCUT2D eigenvalue weighted by Gasteiger charge is 2.24. The van der Waals surface area contributed by atoms with E-state index in [1.54, 1.807) is 18.2 Å². The zero-order valence-electron chi connectivity index (χ0n) is 15.3. The summed E-state index contributed by atoms with van der Waals surface area (Å²) in [5, 5.41) is 14.9. The van der Waals surface area contributed by atoms with Crippen LogP contribution in [0.5, 0.6) is 5.75 Å². The molecule has 0 saturated carbocycles. The second-order valence-electron chi connectivity index (χ2n) is 6.69. The molecule has 0 spiro atoms. The van der Waals surface area contributed by atoms with E-state index in [9.17, 15) is 4.79 Å². The summed E-state index contributed by atoms with van der Waals surface area (Å²) >= 11 is 6.23. The maximum Gasteiger partial charge on any atom is 0.278 e. The van der Waals surface area contributed by atoms with Crippen LogP contribution in [0.3, 0.4) is 0 Å². The third-order valence-electron chi connectivity index (χ3n) is 4.37. The van der Waals surface area contributed by atoms with E-state index in [1.165, 1.54) is 0 Å². The molecule has 8 heteroatoms. The number of benzene rings is 1. The number of nitrogens with one attached hydrogen (secondary N) is 2. The van der Waals surface area contributed by atoms with E-state index in [4.69, 9.17) is 16.3 Å². The lowest BCUT2D eigenvalue weighted by atomic mass is 10.1. The molecular formula is C18H24ClN5O2. The smallest absolute Gasteiger partial charge is 0.278 e. The average molecular weight is 378 g/mol. The van der Waals surface area contributed by atoms with Crippen LogP contribution < -0.4 is 15.4 Å². The van der Waals surface area contributed by atoms with Crippen LogP contribution in [0.1, 0.15) is 48.9 Å². The van der Waals surface area contributed by atoms with Gasteiger partial charge in [0.15, 0.2) is 11.4 Å². The molecule has 0 aliphatic carbocycles. The minimum absolute atomic E-state index is 0.0620. The van der Waals surface area contributed by atoms with Crippen LogP contribution in [0, 0.1) is 6.92 Å². The largest absolute Gasteiger partial charge is 0.487 e. The number of nitrogens with zero attached hydrogens (tertiary/aromatic N) is 3. The van der Waals surface area contributed by atoms with Crippen LogP contribution in [0.2, 0.25) is 5.02 Å². The van der Waals surface area contributed by atoms with Crippen molar-refractivity contribution >= 4 is 23.2 Å². The highest BCUT2D eigenvalue weighted by atomic mass is 35.5. The molecular weight excluding hydrogens is 354 g/mol. The van der Waals surface area contributed by atoms with Crippen molar-refractivity contribution in [3.05, 3.63) is 34.6 Å². The summed E-state index contributed by atoms with van der Waals surface area (Å²) in [6.45, 7) is 7.58. The van der Waals surface area contributed by atoms with Crippen molar-refractivity contribution in [1.82, 2.24) is 20.3 Å². The van der Waals surface area contributed by atoms with E-state index >= 15 is 0 Å². The SMILES string of the molecule is Cc1c(C(=O)Nc2cccc(Cl)c2OC(C)C)nnn1C1CCNCC1. The van der Waals surface area contributed by atoms with E-state index in [-0.39, 0.29) is 18.1 Å². The van der Waals surface area contributed by atoms with Crippen LogP contribution in [0.4, 0.5) is 5.69 Å². The summed E-state index contributed by atoms with van der Waals surface area (Å²) in [5.41, 5.74) is 1.61. The van der Waals surface area contributed by atoms with Crippen molar-refractivity contribution in [2.75, 3.05) is 18.4 Å². The first kappa shape index (κ1) is 18.7. The molecule has 0 bridgehead atoms. The summed E-state index contributed by atoms with van der Waals surface area (Å²) in [5.74, 6) is 0.138. The Balaban J connectivity index is 1.81. The fraction of sp³-hybridized carbons (Fsp3) is 0.500. The number of carbonyl (C=O) groups excluding carboxylic acids is 1. The first-order valence-electron chi connectivity index (χ1n) is 8.86. The molecule has 1 amide bonds. The quantitative estimate of drug-likeness (QED) is 0.836. The Morgan fingerprint density at radius 2 is 2.12 bits per heavy atom. The van der Waals surface area contributed by atoms with Crippen molar-refractivity contribution in [2.24, 2.45) is 0 Å².